The van der Waals surface area contributed by atoms with Gasteiger partial charge in [-0.05, 0) is 5.56 Å². The Morgan fingerprint density at radius 2 is 1.96 bits per heavy atom. The number of aromatic nitrogens is 2. The second-order valence-electron chi connectivity index (χ2n) is 5.84. The highest BCUT2D eigenvalue weighted by molar-refractivity contribution is 6.18. The first-order chi connectivity index (χ1) is 11.6. The van der Waals surface area contributed by atoms with E-state index in [1.54, 1.807) is 0 Å². The summed E-state index contributed by atoms with van der Waals surface area (Å²) in [6.45, 7) is 0.129. The Balaban J connectivity index is 1.80. The van der Waals surface area contributed by atoms with E-state index in [1.165, 1.54) is 10.6 Å². The van der Waals surface area contributed by atoms with E-state index in [0.717, 1.165) is 10.1 Å². The number of benzene rings is 1. The van der Waals surface area contributed by atoms with Gasteiger partial charge in [0.15, 0.2) is 12.3 Å². The Kier molecular flexibility index (Phi) is 3.71. The summed E-state index contributed by atoms with van der Waals surface area (Å²) < 4.78 is 13.5. The van der Waals surface area contributed by atoms with Gasteiger partial charge >= 0.3 is 5.69 Å². The number of rotatable bonds is 3. The van der Waals surface area contributed by atoms with Gasteiger partial charge in [-0.2, -0.15) is 0 Å². The van der Waals surface area contributed by atoms with Crippen LogP contribution >= 0.6 is 11.6 Å². The normalized spacial score (nSPS) is 27.6. The average molecular weight is 351 g/mol. The van der Waals surface area contributed by atoms with Crippen LogP contribution in [0.1, 0.15) is 11.8 Å². The summed E-state index contributed by atoms with van der Waals surface area (Å²) in [7, 11) is 0. The van der Waals surface area contributed by atoms with E-state index in [0.29, 0.717) is 0 Å². The Labute approximate surface area is 141 Å². The van der Waals surface area contributed by atoms with Gasteiger partial charge in [0.2, 0.25) is 5.88 Å². The van der Waals surface area contributed by atoms with Gasteiger partial charge in [-0.25, -0.2) is 9.36 Å². The minimum atomic E-state index is -1.01. The number of aliphatic hydroxyl groups is 1. The molecule has 2 bridgehead atoms. The van der Waals surface area contributed by atoms with Crippen LogP contribution in [0.3, 0.4) is 0 Å². The molecule has 0 radical (unpaired) electrons. The molecule has 1 saturated heterocycles. The van der Waals surface area contributed by atoms with Crippen LogP contribution in [0, 0.1) is 0 Å². The van der Waals surface area contributed by atoms with Crippen molar-refractivity contribution in [3.05, 3.63) is 62.8 Å². The zero-order valence-corrected chi connectivity index (χ0v) is 13.3. The Morgan fingerprint density at radius 3 is 2.67 bits per heavy atom. The molecule has 0 saturated carbocycles. The van der Waals surface area contributed by atoms with E-state index in [4.69, 9.17) is 21.1 Å². The van der Waals surface area contributed by atoms with Gasteiger partial charge in [-0.3, -0.25) is 9.36 Å². The van der Waals surface area contributed by atoms with Crippen molar-refractivity contribution in [2.75, 3.05) is 5.88 Å². The first-order valence-electron chi connectivity index (χ1n) is 7.56. The lowest BCUT2D eigenvalue weighted by atomic mass is 10.1. The number of alkyl halides is 1. The first kappa shape index (κ1) is 15.4. The number of aliphatic hydroxyl groups excluding tert-OH is 1. The van der Waals surface area contributed by atoms with Gasteiger partial charge in [-0.1, -0.05) is 30.3 Å². The van der Waals surface area contributed by atoms with E-state index >= 15 is 0 Å². The minimum Gasteiger partial charge on any atom is -0.469 e. The molecule has 1 N–H and O–H groups in total. The van der Waals surface area contributed by atoms with Crippen LogP contribution < -0.4 is 16.0 Å². The predicted octanol–water partition coefficient (Wildman–Crippen LogP) is 0.316. The number of hydrogen-bond donors (Lipinski definition) is 1. The maximum absolute atomic E-state index is 12.8. The van der Waals surface area contributed by atoms with Crippen LogP contribution in [0.2, 0.25) is 0 Å². The SMILES string of the molecule is O=c1cc2n(c(=O)n1Cc1ccccc1)[C@@H]1O[C@H](CCl)[C@H](O2)[C@H]1O. The van der Waals surface area contributed by atoms with Crippen molar-refractivity contribution >= 4 is 11.6 Å². The molecule has 0 spiro atoms. The number of fused-ring (bicyclic) bond motifs is 4. The van der Waals surface area contributed by atoms with Crippen molar-refractivity contribution < 1.29 is 14.6 Å². The van der Waals surface area contributed by atoms with Gasteiger partial charge in [-0.15, -0.1) is 11.6 Å². The Morgan fingerprint density at radius 1 is 1.21 bits per heavy atom. The molecule has 0 unspecified atom stereocenters. The summed E-state index contributed by atoms with van der Waals surface area (Å²) in [5, 5.41) is 10.3. The lowest BCUT2D eigenvalue weighted by Crippen LogP contribution is -2.49. The highest BCUT2D eigenvalue weighted by Gasteiger charge is 2.51. The maximum atomic E-state index is 12.8. The maximum Gasteiger partial charge on any atom is 0.336 e. The smallest absolute Gasteiger partial charge is 0.336 e. The molecular formula is C16H15ClN2O5. The number of halogens is 1. The fourth-order valence-electron chi connectivity index (χ4n) is 3.15. The van der Waals surface area contributed by atoms with Crippen LogP contribution in [0.25, 0.3) is 0 Å². The van der Waals surface area contributed by atoms with Crippen molar-refractivity contribution in [1.82, 2.24) is 9.13 Å². The van der Waals surface area contributed by atoms with Crippen molar-refractivity contribution in [3.8, 4) is 5.88 Å². The van der Waals surface area contributed by atoms with E-state index in [9.17, 15) is 14.7 Å². The van der Waals surface area contributed by atoms with Crippen LogP contribution in [0.15, 0.2) is 46.0 Å². The molecule has 1 aromatic carbocycles. The lowest BCUT2D eigenvalue weighted by Gasteiger charge is -2.29. The van der Waals surface area contributed by atoms with Crippen molar-refractivity contribution in [2.45, 2.75) is 31.1 Å². The minimum absolute atomic E-state index is 0.0993. The molecule has 2 aliphatic heterocycles. The molecule has 4 atom stereocenters. The second kappa shape index (κ2) is 5.77. The first-order valence-corrected chi connectivity index (χ1v) is 8.10. The van der Waals surface area contributed by atoms with E-state index in [1.807, 2.05) is 30.3 Å². The molecule has 0 aliphatic carbocycles. The van der Waals surface area contributed by atoms with Crippen molar-refractivity contribution in [1.29, 1.82) is 0 Å². The molecule has 4 rings (SSSR count). The van der Waals surface area contributed by atoms with E-state index in [-0.39, 0.29) is 18.3 Å². The third-order valence-corrected chi connectivity index (χ3v) is 4.65. The predicted molar refractivity (Wildman–Crippen MR) is 85.6 cm³/mol. The standard InChI is InChI=1S/C16H15ClN2O5/c17-7-10-14-13(21)15(23-10)19-12(24-14)6-11(20)18(16(19)22)8-9-4-2-1-3-5-9/h1-6,10,13-15,21H,7-8H2/t10-,13-,14+,15-/m1/s1. The summed E-state index contributed by atoms with van der Waals surface area (Å²) in [5.41, 5.74) is -0.231. The summed E-state index contributed by atoms with van der Waals surface area (Å²) in [5.74, 6) is 0.220. The largest absolute Gasteiger partial charge is 0.469 e. The number of ether oxygens (including phenoxy) is 2. The van der Waals surface area contributed by atoms with Crippen LogP contribution in [0.5, 0.6) is 5.88 Å². The zero-order valence-electron chi connectivity index (χ0n) is 12.5. The second-order valence-corrected chi connectivity index (χ2v) is 6.15. The molecule has 1 fully saturated rings. The molecular weight excluding hydrogens is 336 g/mol. The fraction of sp³-hybridized carbons (Fsp3) is 0.375. The Hall–Kier alpha value is -2.09. The summed E-state index contributed by atoms with van der Waals surface area (Å²) in [6.07, 6.45) is -3.14. The summed E-state index contributed by atoms with van der Waals surface area (Å²) in [6, 6.07) is 10.4. The van der Waals surface area contributed by atoms with Gasteiger partial charge in [0.25, 0.3) is 5.56 Å². The van der Waals surface area contributed by atoms with Crippen molar-refractivity contribution in [2.24, 2.45) is 0 Å². The molecule has 8 heteroatoms. The van der Waals surface area contributed by atoms with Crippen LogP contribution in [-0.4, -0.2) is 38.4 Å². The quantitative estimate of drug-likeness (QED) is 0.806. The molecule has 126 valence electrons. The van der Waals surface area contributed by atoms with Gasteiger partial charge < -0.3 is 14.6 Å². The topological polar surface area (TPSA) is 82.7 Å². The molecule has 7 nitrogen and oxygen atoms in total. The summed E-state index contributed by atoms with van der Waals surface area (Å²) in [4.78, 5) is 25.1. The third-order valence-electron chi connectivity index (χ3n) is 4.34. The van der Waals surface area contributed by atoms with E-state index in [2.05, 4.69) is 0 Å². The van der Waals surface area contributed by atoms with Crippen LogP contribution in [0.4, 0.5) is 0 Å². The monoisotopic (exact) mass is 350 g/mol. The molecule has 1 aromatic heterocycles. The number of hydrogen-bond acceptors (Lipinski definition) is 5. The third kappa shape index (κ3) is 2.28. The highest BCUT2D eigenvalue weighted by atomic mass is 35.5. The van der Waals surface area contributed by atoms with Gasteiger partial charge in [0.05, 0.1) is 18.5 Å². The Bertz CT molecular complexity index is 878. The highest BCUT2D eigenvalue weighted by Crippen LogP contribution is 2.37. The zero-order chi connectivity index (χ0) is 16.8. The molecule has 0 amide bonds. The fourth-order valence-corrected chi connectivity index (χ4v) is 3.40. The lowest BCUT2D eigenvalue weighted by molar-refractivity contribution is -0.0491. The van der Waals surface area contributed by atoms with Gasteiger partial charge in [0.1, 0.15) is 12.2 Å². The molecule has 3 heterocycles. The van der Waals surface area contributed by atoms with Gasteiger partial charge in [0, 0.05) is 0 Å². The molecule has 2 aliphatic rings. The molecule has 2 aromatic rings. The van der Waals surface area contributed by atoms with Crippen molar-refractivity contribution in [3.63, 3.8) is 0 Å². The average Bonchev–Trinajstić information content (AvgIpc) is 2.78. The molecule has 24 heavy (non-hydrogen) atoms. The summed E-state index contributed by atoms with van der Waals surface area (Å²) >= 11 is 5.82. The number of nitrogens with zero attached hydrogens (tertiary/aromatic N) is 2. The van der Waals surface area contributed by atoms with E-state index < -0.39 is 35.8 Å². The van der Waals surface area contributed by atoms with Crippen LogP contribution in [-0.2, 0) is 11.3 Å².